The second-order valence-electron chi connectivity index (χ2n) is 12.8. The summed E-state index contributed by atoms with van der Waals surface area (Å²) in [5, 5.41) is 17.3. The van der Waals surface area contributed by atoms with Crippen molar-refractivity contribution in [2.75, 3.05) is 26.2 Å². The number of hydrogen-bond acceptors (Lipinski definition) is 7. The minimum Gasteiger partial charge on any atom is -0.487 e. The highest BCUT2D eigenvalue weighted by Gasteiger charge is 2.31. The Morgan fingerprint density at radius 1 is 1.00 bits per heavy atom. The van der Waals surface area contributed by atoms with Gasteiger partial charge in [0.25, 0.3) is 5.91 Å². The first kappa shape index (κ1) is 32.1. The number of aromatic nitrogens is 2. The number of furan rings is 1. The molecule has 1 N–H and O–H groups in total. The molecular formula is C38H36FN7O3. The Hall–Kier alpha value is -5.49. The van der Waals surface area contributed by atoms with E-state index in [2.05, 4.69) is 31.1 Å². The van der Waals surface area contributed by atoms with Crippen LogP contribution in [0, 0.1) is 17.9 Å². The maximum Gasteiger partial charge on any atom is 0.287 e. The Morgan fingerprint density at radius 3 is 2.49 bits per heavy atom. The fourth-order valence-electron chi connectivity index (χ4n) is 6.56. The molecule has 0 unspecified atom stereocenters. The van der Waals surface area contributed by atoms with Gasteiger partial charge in [-0.3, -0.25) is 14.6 Å². The number of rotatable bonds is 9. The van der Waals surface area contributed by atoms with Gasteiger partial charge in [0.2, 0.25) is 0 Å². The predicted molar refractivity (Wildman–Crippen MR) is 182 cm³/mol. The second kappa shape index (κ2) is 14.3. The number of ether oxygens (including phenoxy) is 1. The molecule has 7 rings (SSSR count). The van der Waals surface area contributed by atoms with E-state index in [1.807, 2.05) is 42.6 Å². The average Bonchev–Trinajstić information content (AvgIpc) is 3.78. The molecule has 0 saturated carbocycles. The number of carbonyl (C=O) groups is 1. The molecular weight excluding hydrogens is 621 g/mol. The number of amides is 1. The molecule has 4 heterocycles. The van der Waals surface area contributed by atoms with E-state index in [1.165, 1.54) is 5.56 Å². The first-order chi connectivity index (χ1) is 23.9. The van der Waals surface area contributed by atoms with Crippen LogP contribution >= 0.6 is 0 Å². The third-order valence-corrected chi connectivity index (χ3v) is 9.26. The highest BCUT2D eigenvalue weighted by Crippen LogP contribution is 2.28. The monoisotopic (exact) mass is 657 g/mol. The lowest BCUT2D eigenvalue weighted by molar-refractivity contribution is 0.0191. The van der Waals surface area contributed by atoms with Crippen molar-refractivity contribution in [2.24, 2.45) is 0 Å². The number of likely N-dealkylation sites (tertiary alicyclic amines) is 2. The summed E-state index contributed by atoms with van der Waals surface area (Å²) < 4.78 is 29.1. The number of nitrogens with zero attached hydrogens (tertiary/aromatic N) is 6. The average molecular weight is 658 g/mol. The van der Waals surface area contributed by atoms with Gasteiger partial charge in [-0.05, 0) is 73.4 Å². The van der Waals surface area contributed by atoms with E-state index in [4.69, 9.17) is 21.0 Å². The van der Waals surface area contributed by atoms with E-state index in [9.17, 15) is 4.79 Å². The second-order valence-corrected chi connectivity index (χ2v) is 12.8. The number of carbonyl (C=O) groups excluding carboxylic acids is 1. The van der Waals surface area contributed by atoms with Crippen LogP contribution in [0.1, 0.15) is 46.5 Å². The first-order valence-corrected chi connectivity index (χ1v) is 16.5. The van der Waals surface area contributed by atoms with Crippen LogP contribution in [0.3, 0.4) is 0 Å². The van der Waals surface area contributed by atoms with Crippen molar-refractivity contribution in [1.82, 2.24) is 24.9 Å². The quantitative estimate of drug-likeness (QED) is 0.182. The van der Waals surface area contributed by atoms with Gasteiger partial charge in [-0.15, -0.1) is 0 Å². The number of alkyl halides is 1. The van der Waals surface area contributed by atoms with Crippen molar-refractivity contribution in [2.45, 2.75) is 50.7 Å². The smallest absolute Gasteiger partial charge is 0.287 e. The molecule has 2 aliphatic rings. The van der Waals surface area contributed by atoms with Crippen LogP contribution in [-0.2, 0) is 13.1 Å². The normalized spacial score (nSPS) is 18.9. The van der Waals surface area contributed by atoms with Crippen molar-refractivity contribution in [1.29, 1.82) is 5.26 Å². The standard InChI is InChI=1S/C38H36FN7O3/c1-41-30-6-8-32(9-7-30)46-24-28(21-42-46)23-45-17-14-36(34(39)25-45)48-33-10-11-35-29(18-33)19-37(49-35)38(47)43-31-12-15-44(16-13-31)22-27-4-2-26(20-40)3-5-27/h2-11,18-19,21,24,31,34,36H,12-17,22-23,25H2,(H,43,47)/t34-,36-/m1/s1. The SMILES string of the molecule is [C-]#[N+]c1ccc(-n2cc(CN3CC[C@@H](Oc4ccc5oc(C(=O)NC6CCN(Cc7ccc(C#N)cc7)CC6)cc5c4)[C@H](F)C3)cn2)cc1. The molecule has 0 radical (unpaired) electrons. The van der Waals surface area contributed by atoms with Crippen LogP contribution in [0.2, 0.25) is 0 Å². The van der Waals surface area contributed by atoms with Gasteiger partial charge >= 0.3 is 0 Å². The first-order valence-electron chi connectivity index (χ1n) is 16.5. The molecule has 5 aromatic rings. The van der Waals surface area contributed by atoms with Gasteiger partial charge in [0.1, 0.15) is 23.6 Å². The van der Waals surface area contributed by atoms with Crippen molar-refractivity contribution < 1.29 is 18.3 Å². The fraction of sp³-hybridized carbons (Fsp3) is 0.316. The van der Waals surface area contributed by atoms with E-state index in [0.717, 1.165) is 49.1 Å². The molecule has 2 saturated heterocycles. The van der Waals surface area contributed by atoms with Gasteiger partial charge < -0.3 is 14.5 Å². The molecule has 248 valence electrons. The number of benzene rings is 3. The third kappa shape index (κ3) is 7.65. The largest absolute Gasteiger partial charge is 0.487 e. The topological polar surface area (TPSA) is 104 Å². The van der Waals surface area contributed by atoms with Crippen LogP contribution in [0.15, 0.2) is 89.6 Å². The lowest BCUT2D eigenvalue weighted by Gasteiger charge is -2.34. The summed E-state index contributed by atoms with van der Waals surface area (Å²) in [7, 11) is 0. The molecule has 3 aromatic carbocycles. The molecule has 2 aliphatic heterocycles. The van der Waals surface area contributed by atoms with Crippen molar-refractivity contribution >= 4 is 22.6 Å². The van der Waals surface area contributed by atoms with E-state index in [1.54, 1.807) is 47.3 Å². The van der Waals surface area contributed by atoms with E-state index in [0.29, 0.717) is 42.1 Å². The summed E-state index contributed by atoms with van der Waals surface area (Å²) in [6.07, 6.45) is 4.20. The summed E-state index contributed by atoms with van der Waals surface area (Å²) in [5.74, 6) is 0.540. The van der Waals surface area contributed by atoms with Gasteiger partial charge in [0.15, 0.2) is 11.4 Å². The number of halogens is 1. The number of nitriles is 1. The summed E-state index contributed by atoms with van der Waals surface area (Å²) >= 11 is 0. The zero-order chi connectivity index (χ0) is 33.7. The minimum absolute atomic E-state index is 0.0591. The van der Waals surface area contributed by atoms with Gasteiger partial charge in [0, 0.05) is 62.5 Å². The Kier molecular flexibility index (Phi) is 9.38. The van der Waals surface area contributed by atoms with Crippen molar-refractivity contribution in [3.05, 3.63) is 119 Å². The predicted octanol–water partition coefficient (Wildman–Crippen LogP) is 6.43. The molecule has 2 fully saturated rings. The van der Waals surface area contributed by atoms with Crippen LogP contribution in [0.4, 0.5) is 10.1 Å². The van der Waals surface area contributed by atoms with Crippen LogP contribution in [0.5, 0.6) is 5.75 Å². The van der Waals surface area contributed by atoms with Crippen LogP contribution in [0.25, 0.3) is 21.5 Å². The molecule has 11 heteroatoms. The number of hydrogen-bond donors (Lipinski definition) is 1. The Morgan fingerprint density at radius 2 is 1.76 bits per heavy atom. The van der Waals surface area contributed by atoms with E-state index in [-0.39, 0.29) is 24.3 Å². The third-order valence-electron chi connectivity index (χ3n) is 9.26. The molecule has 1 amide bonds. The molecule has 0 bridgehead atoms. The zero-order valence-electron chi connectivity index (χ0n) is 27.0. The molecule has 0 aliphatic carbocycles. The number of fused-ring (bicyclic) bond motifs is 1. The van der Waals surface area contributed by atoms with Crippen LogP contribution < -0.4 is 10.1 Å². The Bertz CT molecular complexity index is 2000. The van der Waals surface area contributed by atoms with E-state index < -0.39 is 12.3 Å². The summed E-state index contributed by atoms with van der Waals surface area (Å²) in [6, 6.07) is 24.1. The lowest BCUT2D eigenvalue weighted by atomic mass is 10.0. The van der Waals surface area contributed by atoms with Gasteiger partial charge in [-0.25, -0.2) is 13.9 Å². The lowest BCUT2D eigenvalue weighted by Crippen LogP contribution is -2.46. The maximum atomic E-state index is 15.3. The maximum absolute atomic E-state index is 15.3. The summed E-state index contributed by atoms with van der Waals surface area (Å²) in [4.78, 5) is 20.9. The minimum atomic E-state index is -1.16. The van der Waals surface area contributed by atoms with Gasteiger partial charge in [-0.1, -0.05) is 24.3 Å². The highest BCUT2D eigenvalue weighted by molar-refractivity contribution is 5.96. The molecule has 2 aromatic heterocycles. The van der Waals surface area contributed by atoms with E-state index >= 15 is 4.39 Å². The fourth-order valence-corrected chi connectivity index (χ4v) is 6.56. The van der Waals surface area contributed by atoms with Gasteiger partial charge in [0.05, 0.1) is 30.1 Å². The highest BCUT2D eigenvalue weighted by atomic mass is 19.1. The zero-order valence-corrected chi connectivity index (χ0v) is 27.0. The summed E-state index contributed by atoms with van der Waals surface area (Å²) in [6.45, 7) is 11.2. The molecule has 49 heavy (non-hydrogen) atoms. The molecule has 0 spiro atoms. The number of nitrogens with one attached hydrogen (secondary N) is 1. The Balaban J connectivity index is 0.884. The molecule has 10 nitrogen and oxygen atoms in total. The Labute approximate surface area is 284 Å². The van der Waals surface area contributed by atoms with Gasteiger partial charge in [-0.2, -0.15) is 10.4 Å². The number of piperidine rings is 2. The van der Waals surface area contributed by atoms with Crippen molar-refractivity contribution in [3.63, 3.8) is 0 Å². The van der Waals surface area contributed by atoms with Crippen molar-refractivity contribution in [3.8, 4) is 17.5 Å². The van der Waals surface area contributed by atoms with Crippen LogP contribution in [-0.4, -0.2) is 70.0 Å². The summed E-state index contributed by atoms with van der Waals surface area (Å²) in [5.41, 5.74) is 4.83. The molecule has 2 atom stereocenters.